The Balaban J connectivity index is 0.000000686. The summed E-state index contributed by atoms with van der Waals surface area (Å²) in [4.78, 5) is 0. The van der Waals surface area contributed by atoms with Gasteiger partial charge in [-0.2, -0.15) is 0 Å². The fourth-order valence-corrected chi connectivity index (χ4v) is 1.77. The predicted molar refractivity (Wildman–Crippen MR) is 63.6 cm³/mol. The van der Waals surface area contributed by atoms with Gasteiger partial charge in [0.1, 0.15) is 23.8 Å². The lowest BCUT2D eigenvalue weighted by atomic mass is 9.99. The van der Waals surface area contributed by atoms with Gasteiger partial charge in [0.2, 0.25) is 0 Å². The van der Waals surface area contributed by atoms with Gasteiger partial charge in [0, 0.05) is 0 Å². The molecule has 1 aromatic carbocycles. The largest absolute Gasteiger partial charge is 0.487 e. The first-order valence-electron chi connectivity index (χ1n) is 5.94. The number of hydrogen-bond donors (Lipinski definition) is 2. The minimum absolute atomic E-state index is 0.279. The van der Waals surface area contributed by atoms with Crippen molar-refractivity contribution in [1.82, 2.24) is 0 Å². The summed E-state index contributed by atoms with van der Waals surface area (Å²) >= 11 is 0. The summed E-state index contributed by atoms with van der Waals surface area (Å²) < 4.78 is 18.3. The molecule has 4 heteroatoms. The van der Waals surface area contributed by atoms with Gasteiger partial charge in [-0.3, -0.25) is 0 Å². The van der Waals surface area contributed by atoms with E-state index in [-0.39, 0.29) is 12.4 Å². The van der Waals surface area contributed by atoms with E-state index in [1.165, 1.54) is 12.1 Å². The molecular formula is C13H19FO3. The Bertz CT molecular complexity index is 355. The Morgan fingerprint density at radius 3 is 2.82 bits per heavy atom. The highest BCUT2D eigenvalue weighted by molar-refractivity contribution is 5.35. The lowest BCUT2D eigenvalue weighted by Crippen LogP contribution is -2.37. The summed E-state index contributed by atoms with van der Waals surface area (Å²) in [7, 11) is 0. The average molecular weight is 242 g/mol. The maximum absolute atomic E-state index is 12.9. The van der Waals surface area contributed by atoms with Crippen LogP contribution < -0.4 is 4.74 Å². The molecule has 0 amide bonds. The van der Waals surface area contributed by atoms with E-state index in [0.29, 0.717) is 18.6 Å². The van der Waals surface area contributed by atoms with Crippen LogP contribution in [-0.4, -0.2) is 29.0 Å². The van der Waals surface area contributed by atoms with Crippen LogP contribution >= 0.6 is 0 Å². The molecule has 1 aromatic rings. The Kier molecular flexibility index (Phi) is 5.38. The monoisotopic (exact) mass is 242 g/mol. The molecule has 0 aliphatic carbocycles. The van der Waals surface area contributed by atoms with Crippen LogP contribution in [0.15, 0.2) is 18.2 Å². The first-order valence-corrected chi connectivity index (χ1v) is 5.94. The fraction of sp³-hybridized carbons (Fsp3) is 0.538. The SMILES string of the molecule is CC.OCC(O)[C@H]1CCc2cc(F)ccc2O1. The minimum Gasteiger partial charge on any atom is -0.487 e. The van der Waals surface area contributed by atoms with E-state index in [2.05, 4.69) is 0 Å². The molecule has 1 heterocycles. The lowest BCUT2D eigenvalue weighted by molar-refractivity contribution is -0.00965. The highest BCUT2D eigenvalue weighted by Crippen LogP contribution is 2.29. The number of benzene rings is 1. The van der Waals surface area contributed by atoms with Gasteiger partial charge in [-0.05, 0) is 36.6 Å². The molecule has 0 spiro atoms. The van der Waals surface area contributed by atoms with Gasteiger partial charge in [0.15, 0.2) is 0 Å². The van der Waals surface area contributed by atoms with Gasteiger partial charge in [-0.1, -0.05) is 13.8 Å². The maximum atomic E-state index is 12.9. The van der Waals surface area contributed by atoms with Crippen molar-refractivity contribution in [3.63, 3.8) is 0 Å². The van der Waals surface area contributed by atoms with Crippen molar-refractivity contribution in [3.8, 4) is 5.75 Å². The van der Waals surface area contributed by atoms with E-state index in [1.54, 1.807) is 6.07 Å². The van der Waals surface area contributed by atoms with E-state index in [1.807, 2.05) is 13.8 Å². The lowest BCUT2D eigenvalue weighted by Gasteiger charge is -2.28. The molecule has 0 saturated carbocycles. The van der Waals surface area contributed by atoms with Gasteiger partial charge in [0.05, 0.1) is 6.61 Å². The van der Waals surface area contributed by atoms with Crippen molar-refractivity contribution >= 4 is 0 Å². The van der Waals surface area contributed by atoms with Crippen LogP contribution in [0.5, 0.6) is 5.75 Å². The molecular weight excluding hydrogens is 223 g/mol. The van der Waals surface area contributed by atoms with Gasteiger partial charge >= 0.3 is 0 Å². The molecule has 2 N–H and O–H groups in total. The fourth-order valence-electron chi connectivity index (χ4n) is 1.77. The summed E-state index contributed by atoms with van der Waals surface area (Å²) in [6.07, 6.45) is -0.0105. The van der Waals surface area contributed by atoms with Crippen molar-refractivity contribution in [3.05, 3.63) is 29.6 Å². The second kappa shape index (κ2) is 6.57. The molecule has 0 fully saturated rings. The molecule has 1 aliphatic heterocycles. The molecule has 3 nitrogen and oxygen atoms in total. The normalized spacial score (nSPS) is 19.5. The molecule has 1 aliphatic rings. The Hall–Kier alpha value is -1.13. The number of ether oxygens (including phenoxy) is 1. The third kappa shape index (κ3) is 3.41. The molecule has 0 aromatic heterocycles. The van der Waals surface area contributed by atoms with Gasteiger partial charge in [-0.15, -0.1) is 0 Å². The summed E-state index contributed by atoms with van der Waals surface area (Å²) in [5.41, 5.74) is 0.816. The number of aliphatic hydroxyl groups excluding tert-OH is 2. The zero-order valence-corrected chi connectivity index (χ0v) is 10.2. The van der Waals surface area contributed by atoms with Crippen LogP contribution in [-0.2, 0) is 6.42 Å². The van der Waals surface area contributed by atoms with Crippen molar-refractivity contribution < 1.29 is 19.3 Å². The topological polar surface area (TPSA) is 49.7 Å². The molecule has 2 rings (SSSR count). The number of hydrogen-bond acceptors (Lipinski definition) is 3. The number of aliphatic hydroxyl groups is 2. The van der Waals surface area contributed by atoms with Crippen LogP contribution in [0.2, 0.25) is 0 Å². The smallest absolute Gasteiger partial charge is 0.127 e. The van der Waals surface area contributed by atoms with Crippen molar-refractivity contribution in [2.45, 2.75) is 38.9 Å². The molecule has 0 bridgehead atoms. The Morgan fingerprint density at radius 1 is 1.47 bits per heavy atom. The minimum atomic E-state index is -0.872. The van der Waals surface area contributed by atoms with Crippen LogP contribution in [0.1, 0.15) is 25.8 Å². The van der Waals surface area contributed by atoms with Crippen molar-refractivity contribution in [2.75, 3.05) is 6.61 Å². The van der Waals surface area contributed by atoms with E-state index in [9.17, 15) is 9.50 Å². The molecule has 0 saturated heterocycles. The number of aryl methyl sites for hydroxylation is 1. The molecule has 96 valence electrons. The summed E-state index contributed by atoms with van der Waals surface area (Å²) in [6.45, 7) is 3.68. The molecule has 1 unspecified atom stereocenters. The van der Waals surface area contributed by atoms with Crippen LogP contribution in [0, 0.1) is 5.82 Å². The third-order valence-corrected chi connectivity index (χ3v) is 2.62. The van der Waals surface area contributed by atoms with E-state index in [0.717, 1.165) is 5.56 Å². The average Bonchev–Trinajstić information content (AvgIpc) is 2.39. The van der Waals surface area contributed by atoms with Crippen molar-refractivity contribution in [1.29, 1.82) is 0 Å². The van der Waals surface area contributed by atoms with E-state index >= 15 is 0 Å². The Labute approximate surface area is 101 Å². The standard InChI is InChI=1S/C11H13FO3.C2H6/c12-8-2-4-10-7(5-8)1-3-11(15-10)9(14)6-13;1-2/h2,4-5,9,11,13-14H,1,3,6H2;1-2H3/t9?,11-;/m1./s1. The zero-order valence-electron chi connectivity index (χ0n) is 10.2. The molecule has 2 atom stereocenters. The second-order valence-electron chi connectivity index (χ2n) is 3.70. The molecule has 17 heavy (non-hydrogen) atoms. The van der Waals surface area contributed by atoms with Gasteiger partial charge < -0.3 is 14.9 Å². The first-order chi connectivity index (χ1) is 8.20. The third-order valence-electron chi connectivity index (χ3n) is 2.62. The molecule has 0 radical (unpaired) electrons. The van der Waals surface area contributed by atoms with Crippen LogP contribution in [0.3, 0.4) is 0 Å². The highest BCUT2D eigenvalue weighted by Gasteiger charge is 2.25. The van der Waals surface area contributed by atoms with Gasteiger partial charge in [0.25, 0.3) is 0 Å². The van der Waals surface area contributed by atoms with Crippen LogP contribution in [0.25, 0.3) is 0 Å². The quantitative estimate of drug-likeness (QED) is 0.832. The second-order valence-corrected chi connectivity index (χ2v) is 3.70. The van der Waals surface area contributed by atoms with Crippen molar-refractivity contribution in [2.24, 2.45) is 0 Å². The number of rotatable bonds is 2. The van der Waals surface area contributed by atoms with Gasteiger partial charge in [-0.25, -0.2) is 4.39 Å². The predicted octanol–water partition coefficient (Wildman–Crippen LogP) is 1.90. The highest BCUT2D eigenvalue weighted by atomic mass is 19.1. The number of fused-ring (bicyclic) bond motifs is 1. The summed E-state index contributed by atoms with van der Waals surface area (Å²) in [5, 5.41) is 18.2. The number of halogens is 1. The maximum Gasteiger partial charge on any atom is 0.127 e. The Morgan fingerprint density at radius 2 is 2.18 bits per heavy atom. The van der Waals surface area contributed by atoms with E-state index < -0.39 is 12.2 Å². The van der Waals surface area contributed by atoms with Crippen LogP contribution in [0.4, 0.5) is 4.39 Å². The summed E-state index contributed by atoms with van der Waals surface area (Å²) in [5.74, 6) is 0.318. The van der Waals surface area contributed by atoms with E-state index in [4.69, 9.17) is 9.84 Å². The zero-order chi connectivity index (χ0) is 12.8. The first kappa shape index (κ1) is 13.9. The summed E-state index contributed by atoms with van der Waals surface area (Å²) in [6, 6.07) is 4.32.